The van der Waals surface area contributed by atoms with Gasteiger partial charge in [0.25, 0.3) is 0 Å². The fraction of sp³-hybridized carbons (Fsp3) is 0.538. The van der Waals surface area contributed by atoms with Gasteiger partial charge >= 0.3 is 0 Å². The maximum atomic E-state index is 3.33. The van der Waals surface area contributed by atoms with Gasteiger partial charge in [-0.25, -0.2) is 0 Å². The normalized spacial score (nSPS) is 17.7. The minimum absolute atomic E-state index is 0. The van der Waals surface area contributed by atoms with Crippen molar-refractivity contribution in [1.29, 1.82) is 0 Å². The number of benzene rings is 1. The first kappa shape index (κ1) is 12.5. The van der Waals surface area contributed by atoms with Crippen LogP contribution in [0.2, 0.25) is 0 Å². The zero-order valence-electron chi connectivity index (χ0n) is 9.33. The highest BCUT2D eigenvalue weighted by atomic mass is 35.5. The van der Waals surface area contributed by atoms with Crippen molar-refractivity contribution in [1.82, 2.24) is 5.32 Å². The molecular weight excluding hydrogens is 206 g/mol. The largest absolute Gasteiger partial charge is 0.319 e. The quantitative estimate of drug-likeness (QED) is 0.831. The zero-order valence-corrected chi connectivity index (χ0v) is 10.1. The van der Waals surface area contributed by atoms with Gasteiger partial charge in [0.05, 0.1) is 0 Å². The molecule has 1 aromatic rings. The first-order valence-corrected chi connectivity index (χ1v) is 5.53. The summed E-state index contributed by atoms with van der Waals surface area (Å²) in [6.45, 7) is 1.17. The second-order valence-corrected chi connectivity index (χ2v) is 4.55. The first-order chi connectivity index (χ1) is 6.85. The van der Waals surface area contributed by atoms with Gasteiger partial charge in [0, 0.05) is 6.54 Å². The number of hydrogen-bond acceptors (Lipinski definition) is 1. The molecule has 1 saturated carbocycles. The van der Waals surface area contributed by atoms with E-state index in [2.05, 4.69) is 42.7 Å². The molecule has 84 valence electrons. The van der Waals surface area contributed by atoms with Crippen molar-refractivity contribution in [2.24, 2.45) is 5.41 Å². The molecule has 1 aromatic carbocycles. The molecule has 1 fully saturated rings. The Labute approximate surface area is 98.7 Å². The molecule has 2 rings (SSSR count). The molecule has 0 heterocycles. The Morgan fingerprint density at radius 2 is 1.87 bits per heavy atom. The topological polar surface area (TPSA) is 12.0 Å². The Bertz CT molecular complexity index is 280. The fourth-order valence-electron chi connectivity index (χ4n) is 2.50. The maximum Gasteiger partial charge on any atom is 0.000799 e. The van der Waals surface area contributed by atoms with Gasteiger partial charge < -0.3 is 5.32 Å². The molecule has 0 amide bonds. The molecule has 0 atom stereocenters. The van der Waals surface area contributed by atoms with Crippen molar-refractivity contribution in [3.8, 4) is 0 Å². The molecular formula is C13H20ClN. The summed E-state index contributed by atoms with van der Waals surface area (Å²) in [5.41, 5.74) is 2.05. The van der Waals surface area contributed by atoms with E-state index in [1.54, 1.807) is 0 Å². The second-order valence-electron chi connectivity index (χ2n) is 4.55. The third-order valence-corrected chi connectivity index (χ3v) is 3.39. The average molecular weight is 226 g/mol. The minimum atomic E-state index is 0. The predicted molar refractivity (Wildman–Crippen MR) is 67.6 cm³/mol. The van der Waals surface area contributed by atoms with E-state index < -0.39 is 0 Å². The lowest BCUT2D eigenvalue weighted by Gasteiger charge is -2.42. The Morgan fingerprint density at radius 1 is 1.20 bits per heavy atom. The van der Waals surface area contributed by atoms with Gasteiger partial charge in [-0.05, 0) is 37.3 Å². The van der Waals surface area contributed by atoms with Crippen LogP contribution in [0, 0.1) is 5.41 Å². The van der Waals surface area contributed by atoms with Crippen LogP contribution in [0.3, 0.4) is 0 Å². The Hall–Kier alpha value is -0.530. The van der Waals surface area contributed by atoms with E-state index in [9.17, 15) is 0 Å². The summed E-state index contributed by atoms with van der Waals surface area (Å²) in [6.07, 6.45) is 5.44. The van der Waals surface area contributed by atoms with Crippen molar-refractivity contribution in [3.05, 3.63) is 35.9 Å². The van der Waals surface area contributed by atoms with Crippen molar-refractivity contribution in [2.75, 3.05) is 13.6 Å². The molecule has 1 N–H and O–H groups in total. The van der Waals surface area contributed by atoms with Crippen LogP contribution in [0.1, 0.15) is 24.8 Å². The fourth-order valence-corrected chi connectivity index (χ4v) is 2.50. The van der Waals surface area contributed by atoms with Crippen LogP contribution in [0.25, 0.3) is 0 Å². The summed E-state index contributed by atoms with van der Waals surface area (Å²) >= 11 is 0. The second kappa shape index (κ2) is 5.53. The summed E-state index contributed by atoms with van der Waals surface area (Å²) in [7, 11) is 2.06. The summed E-state index contributed by atoms with van der Waals surface area (Å²) in [5.74, 6) is 0. The first-order valence-electron chi connectivity index (χ1n) is 5.53. The summed E-state index contributed by atoms with van der Waals surface area (Å²) < 4.78 is 0. The van der Waals surface area contributed by atoms with Crippen LogP contribution in [-0.4, -0.2) is 13.6 Å². The maximum absolute atomic E-state index is 3.33. The molecule has 2 heteroatoms. The van der Waals surface area contributed by atoms with Gasteiger partial charge in [-0.2, -0.15) is 0 Å². The van der Waals surface area contributed by atoms with E-state index in [4.69, 9.17) is 0 Å². The third kappa shape index (κ3) is 2.96. The van der Waals surface area contributed by atoms with Gasteiger partial charge in [0.15, 0.2) is 0 Å². The van der Waals surface area contributed by atoms with Gasteiger partial charge in [0.2, 0.25) is 0 Å². The Kier molecular flexibility index (Phi) is 4.62. The molecule has 0 aliphatic heterocycles. The molecule has 0 saturated heterocycles. The molecule has 0 spiro atoms. The molecule has 0 aromatic heterocycles. The lowest BCUT2D eigenvalue weighted by molar-refractivity contribution is 0.133. The third-order valence-electron chi connectivity index (χ3n) is 3.39. The van der Waals surface area contributed by atoms with E-state index in [1.165, 1.54) is 37.8 Å². The van der Waals surface area contributed by atoms with Crippen molar-refractivity contribution in [3.63, 3.8) is 0 Å². The molecule has 0 unspecified atom stereocenters. The minimum Gasteiger partial charge on any atom is -0.319 e. The van der Waals surface area contributed by atoms with E-state index in [0.29, 0.717) is 5.41 Å². The van der Waals surface area contributed by atoms with Crippen LogP contribution >= 0.6 is 12.4 Å². The Balaban J connectivity index is 0.00000112. The van der Waals surface area contributed by atoms with Crippen LogP contribution in [-0.2, 0) is 6.42 Å². The summed E-state index contributed by atoms with van der Waals surface area (Å²) in [6, 6.07) is 10.9. The highest BCUT2D eigenvalue weighted by Gasteiger charge is 2.35. The summed E-state index contributed by atoms with van der Waals surface area (Å²) in [5, 5.41) is 3.33. The molecule has 1 nitrogen and oxygen atoms in total. The number of halogens is 1. The van der Waals surface area contributed by atoms with Crippen molar-refractivity contribution >= 4 is 12.4 Å². The van der Waals surface area contributed by atoms with E-state index in [-0.39, 0.29) is 12.4 Å². The number of nitrogens with one attached hydrogen (secondary N) is 1. The lowest BCUT2D eigenvalue weighted by Crippen LogP contribution is -2.40. The van der Waals surface area contributed by atoms with Gasteiger partial charge in [-0.1, -0.05) is 36.8 Å². The lowest BCUT2D eigenvalue weighted by atomic mass is 9.65. The SMILES string of the molecule is CNCC1(Cc2ccccc2)CCC1.Cl. The van der Waals surface area contributed by atoms with Gasteiger partial charge in [-0.3, -0.25) is 0 Å². The van der Waals surface area contributed by atoms with Crippen LogP contribution in [0.4, 0.5) is 0 Å². The molecule has 1 aliphatic rings. The van der Waals surface area contributed by atoms with E-state index in [1.807, 2.05) is 0 Å². The van der Waals surface area contributed by atoms with Gasteiger partial charge in [0.1, 0.15) is 0 Å². The number of hydrogen-bond donors (Lipinski definition) is 1. The van der Waals surface area contributed by atoms with E-state index >= 15 is 0 Å². The molecule has 1 aliphatic carbocycles. The van der Waals surface area contributed by atoms with Crippen LogP contribution in [0.5, 0.6) is 0 Å². The highest BCUT2D eigenvalue weighted by molar-refractivity contribution is 5.85. The smallest absolute Gasteiger partial charge is 0.000799 e. The van der Waals surface area contributed by atoms with Crippen LogP contribution < -0.4 is 5.32 Å². The van der Waals surface area contributed by atoms with E-state index in [0.717, 1.165) is 0 Å². The van der Waals surface area contributed by atoms with Gasteiger partial charge in [-0.15, -0.1) is 12.4 Å². The predicted octanol–water partition coefficient (Wildman–Crippen LogP) is 3.04. The average Bonchev–Trinajstić information content (AvgIpc) is 2.16. The number of rotatable bonds is 4. The standard InChI is InChI=1S/C13H19N.ClH/c1-14-11-13(8-5-9-13)10-12-6-3-2-4-7-12;/h2-4,6-7,14H,5,8-11H2,1H3;1H. The monoisotopic (exact) mass is 225 g/mol. The highest BCUT2D eigenvalue weighted by Crippen LogP contribution is 2.42. The molecule has 0 radical (unpaired) electrons. The van der Waals surface area contributed by atoms with Crippen molar-refractivity contribution < 1.29 is 0 Å². The molecule has 15 heavy (non-hydrogen) atoms. The zero-order chi connectivity index (χ0) is 9.86. The Morgan fingerprint density at radius 3 is 2.33 bits per heavy atom. The van der Waals surface area contributed by atoms with Crippen LogP contribution in [0.15, 0.2) is 30.3 Å². The summed E-state index contributed by atoms with van der Waals surface area (Å²) in [4.78, 5) is 0. The van der Waals surface area contributed by atoms with Crippen molar-refractivity contribution in [2.45, 2.75) is 25.7 Å². The molecule has 0 bridgehead atoms.